The number of rotatable bonds is 5. The summed E-state index contributed by atoms with van der Waals surface area (Å²) in [5.41, 5.74) is 1.53. The Labute approximate surface area is 171 Å². The molecule has 2 aliphatic rings. The zero-order valence-corrected chi connectivity index (χ0v) is 17.0. The lowest BCUT2D eigenvalue weighted by atomic mass is 10.0. The Morgan fingerprint density at radius 3 is 2.61 bits per heavy atom. The maximum absolute atomic E-state index is 12.4. The van der Waals surface area contributed by atoms with E-state index in [0.717, 1.165) is 12.8 Å². The second-order valence-corrected chi connectivity index (χ2v) is 9.67. The van der Waals surface area contributed by atoms with Crippen molar-refractivity contribution in [1.29, 1.82) is 0 Å². The van der Waals surface area contributed by atoms with Gasteiger partial charge in [0.1, 0.15) is 11.9 Å². The summed E-state index contributed by atoms with van der Waals surface area (Å²) in [6.07, 6.45) is 1.84. The Hall–Kier alpha value is -2.04. The van der Waals surface area contributed by atoms with Crippen molar-refractivity contribution in [3.63, 3.8) is 0 Å². The predicted octanol–water partition coefficient (Wildman–Crippen LogP) is 3.65. The zero-order valence-electron chi connectivity index (χ0n) is 14.6. The number of hydrogen-bond acceptors (Lipinski definition) is 6. The third kappa shape index (κ3) is 3.76. The highest BCUT2D eigenvalue weighted by atomic mass is 35.5. The number of nitrogens with one attached hydrogen (secondary N) is 1. The van der Waals surface area contributed by atoms with E-state index < -0.39 is 16.1 Å². The number of halogens is 1. The van der Waals surface area contributed by atoms with Crippen molar-refractivity contribution < 1.29 is 23.1 Å². The smallest absolute Gasteiger partial charge is 0.407 e. The number of piperidine rings is 1. The highest BCUT2D eigenvalue weighted by Gasteiger charge is 2.44. The summed E-state index contributed by atoms with van der Waals surface area (Å²) < 4.78 is 33.3. The first kappa shape index (κ1) is 19.3. The minimum atomic E-state index is -3.80. The lowest BCUT2D eigenvalue weighted by Crippen LogP contribution is -2.48. The summed E-state index contributed by atoms with van der Waals surface area (Å²) in [6.45, 7) is 0. The number of thiazole rings is 1. The average molecular weight is 444 g/mol. The second kappa shape index (κ2) is 7.41. The van der Waals surface area contributed by atoms with Crippen molar-refractivity contribution in [3.8, 4) is 5.75 Å². The topological polar surface area (TPSA) is 109 Å². The van der Waals surface area contributed by atoms with Crippen LogP contribution in [0.5, 0.6) is 5.75 Å². The monoisotopic (exact) mass is 443 g/mol. The maximum atomic E-state index is 12.4. The normalized spacial score (nSPS) is 24.2. The Morgan fingerprint density at radius 2 is 2.04 bits per heavy atom. The molecular formula is C17H18ClN3O5S2. The summed E-state index contributed by atoms with van der Waals surface area (Å²) in [5.74, 6) is 0.643. The fourth-order valence-corrected chi connectivity index (χ4v) is 5.79. The molecule has 2 fully saturated rings. The van der Waals surface area contributed by atoms with Crippen molar-refractivity contribution in [2.45, 2.75) is 48.8 Å². The number of nitrogens with zero attached hydrogens (tertiary/aromatic N) is 2. The van der Waals surface area contributed by atoms with Crippen LogP contribution in [0.2, 0.25) is 5.02 Å². The lowest BCUT2D eigenvalue weighted by molar-refractivity contribution is 0.0496. The zero-order chi connectivity index (χ0) is 19.9. The molecule has 4 rings (SSSR count). The highest BCUT2D eigenvalue weighted by molar-refractivity contribution is 7.92. The molecule has 11 heteroatoms. The van der Waals surface area contributed by atoms with Gasteiger partial charge in [0.25, 0.3) is 10.0 Å². The molecular weight excluding hydrogens is 426 g/mol. The predicted molar refractivity (Wildman–Crippen MR) is 105 cm³/mol. The first-order valence-electron chi connectivity index (χ1n) is 8.72. The number of carboxylic acid groups (broad SMARTS) is 1. The van der Waals surface area contributed by atoms with E-state index in [4.69, 9.17) is 16.3 Å². The molecule has 2 aromatic rings. The van der Waals surface area contributed by atoms with E-state index in [2.05, 4.69) is 9.71 Å². The summed E-state index contributed by atoms with van der Waals surface area (Å²) in [4.78, 5) is 16.8. The van der Waals surface area contributed by atoms with Gasteiger partial charge in [-0.25, -0.2) is 18.2 Å². The van der Waals surface area contributed by atoms with Gasteiger partial charge in [-0.2, -0.15) is 0 Å². The largest absolute Gasteiger partial charge is 0.489 e. The number of benzene rings is 1. The molecule has 0 aliphatic carbocycles. The molecule has 2 N–H and O–H groups in total. The number of amides is 1. The summed E-state index contributed by atoms with van der Waals surface area (Å²) in [6, 6.07) is 4.22. The number of carbonyl (C=O) groups is 1. The molecule has 0 radical (unpaired) electrons. The Balaban J connectivity index is 1.46. The molecule has 1 amide bonds. The van der Waals surface area contributed by atoms with E-state index in [-0.39, 0.29) is 33.9 Å². The molecule has 8 nitrogen and oxygen atoms in total. The van der Waals surface area contributed by atoms with Gasteiger partial charge >= 0.3 is 6.09 Å². The van der Waals surface area contributed by atoms with Crippen LogP contribution >= 0.6 is 22.9 Å². The summed E-state index contributed by atoms with van der Waals surface area (Å²) in [5, 5.41) is 11.1. The fraction of sp³-hybridized carbons (Fsp3) is 0.412. The molecule has 28 heavy (non-hydrogen) atoms. The molecule has 0 unspecified atom stereocenters. The number of hydrogen-bond donors (Lipinski definition) is 2. The summed E-state index contributed by atoms with van der Waals surface area (Å²) >= 11 is 7.55. The standard InChI is InChI=1S/C17H18ClN3O5S2/c18-14-7-13(28(24,25)20-16-8-27-9-19-16)3-4-15(14)26-12-5-10-1-2-11(6-12)21(10)17(22)23/h3-4,7-12,20H,1-2,5-6H2,(H,22,23)/t10-,11+,12+. The number of aromatic nitrogens is 1. The number of sulfonamides is 1. The van der Waals surface area contributed by atoms with E-state index in [1.54, 1.807) is 5.38 Å². The third-order valence-electron chi connectivity index (χ3n) is 5.09. The van der Waals surface area contributed by atoms with Gasteiger partial charge < -0.3 is 14.7 Å². The molecule has 1 aromatic carbocycles. The Kier molecular flexibility index (Phi) is 5.11. The Bertz CT molecular complexity index is 969. The summed E-state index contributed by atoms with van der Waals surface area (Å²) in [7, 11) is -3.80. The second-order valence-electron chi connectivity index (χ2n) is 6.86. The Morgan fingerprint density at radius 1 is 1.32 bits per heavy atom. The first-order valence-corrected chi connectivity index (χ1v) is 11.5. The van der Waals surface area contributed by atoms with E-state index in [1.165, 1.54) is 39.9 Å². The van der Waals surface area contributed by atoms with Crippen molar-refractivity contribution in [1.82, 2.24) is 9.88 Å². The van der Waals surface area contributed by atoms with Crippen LogP contribution in [-0.4, -0.2) is 47.7 Å². The van der Waals surface area contributed by atoms with Gasteiger partial charge in [0.2, 0.25) is 0 Å². The van der Waals surface area contributed by atoms with E-state index >= 15 is 0 Å². The van der Waals surface area contributed by atoms with Crippen molar-refractivity contribution in [2.24, 2.45) is 0 Å². The van der Waals surface area contributed by atoms with Crippen LogP contribution in [0.4, 0.5) is 10.6 Å². The molecule has 2 bridgehead atoms. The molecule has 150 valence electrons. The number of anilines is 1. The lowest BCUT2D eigenvalue weighted by Gasteiger charge is -2.37. The van der Waals surface area contributed by atoms with Gasteiger partial charge in [-0.05, 0) is 31.0 Å². The van der Waals surface area contributed by atoms with Crippen LogP contribution in [0.3, 0.4) is 0 Å². The molecule has 0 spiro atoms. The van der Waals surface area contributed by atoms with Crippen LogP contribution in [0.15, 0.2) is 34.0 Å². The number of ether oxygens (including phenoxy) is 1. The molecule has 3 atom stereocenters. The van der Waals surface area contributed by atoms with Crippen LogP contribution in [-0.2, 0) is 10.0 Å². The molecule has 2 saturated heterocycles. The van der Waals surface area contributed by atoms with Crippen LogP contribution in [0.1, 0.15) is 25.7 Å². The number of fused-ring (bicyclic) bond motifs is 2. The van der Waals surface area contributed by atoms with Crippen molar-refractivity contribution >= 4 is 44.9 Å². The third-order valence-corrected chi connectivity index (χ3v) is 7.32. The molecule has 0 saturated carbocycles. The van der Waals surface area contributed by atoms with Gasteiger partial charge in [-0.15, -0.1) is 11.3 Å². The van der Waals surface area contributed by atoms with Gasteiger partial charge in [0.05, 0.1) is 15.4 Å². The first-order chi connectivity index (χ1) is 13.3. The van der Waals surface area contributed by atoms with E-state index in [1.807, 2.05) is 0 Å². The van der Waals surface area contributed by atoms with Crippen LogP contribution < -0.4 is 9.46 Å². The fourth-order valence-electron chi connectivity index (χ4n) is 3.92. The average Bonchev–Trinajstić information content (AvgIpc) is 3.22. The minimum absolute atomic E-state index is 0.0126. The van der Waals surface area contributed by atoms with E-state index in [0.29, 0.717) is 18.6 Å². The molecule has 1 aromatic heterocycles. The van der Waals surface area contributed by atoms with Crippen molar-refractivity contribution in [3.05, 3.63) is 34.1 Å². The highest BCUT2D eigenvalue weighted by Crippen LogP contribution is 2.38. The molecule has 2 aliphatic heterocycles. The quantitative estimate of drug-likeness (QED) is 0.730. The van der Waals surface area contributed by atoms with Crippen LogP contribution in [0.25, 0.3) is 0 Å². The SMILES string of the molecule is O=C(O)N1[C@@H]2CC[C@H]1C[C@@H](Oc1ccc(S(=O)(=O)Nc3cscn3)cc1Cl)C2. The van der Waals surface area contributed by atoms with Gasteiger partial charge in [-0.3, -0.25) is 4.72 Å². The van der Waals surface area contributed by atoms with Gasteiger partial charge in [-0.1, -0.05) is 11.6 Å². The van der Waals surface area contributed by atoms with Gasteiger partial charge in [0.15, 0.2) is 5.82 Å². The maximum Gasteiger partial charge on any atom is 0.407 e. The van der Waals surface area contributed by atoms with E-state index in [9.17, 15) is 18.3 Å². The minimum Gasteiger partial charge on any atom is -0.489 e. The van der Waals surface area contributed by atoms with Crippen LogP contribution in [0, 0.1) is 0 Å². The van der Waals surface area contributed by atoms with Crippen molar-refractivity contribution in [2.75, 3.05) is 4.72 Å². The van der Waals surface area contributed by atoms with Gasteiger partial charge in [0, 0.05) is 30.3 Å². The molecule has 3 heterocycles.